The van der Waals surface area contributed by atoms with Gasteiger partial charge in [0.05, 0.1) is 5.75 Å². The van der Waals surface area contributed by atoms with Gasteiger partial charge in [0, 0.05) is 10.7 Å². The second-order valence-electron chi connectivity index (χ2n) is 6.01. The third-order valence-corrected chi connectivity index (χ3v) is 4.76. The molecule has 0 radical (unpaired) electrons. The fraction of sp³-hybridized carbons (Fsp3) is 0.929. The zero-order valence-corrected chi connectivity index (χ0v) is 12.0. The molecule has 1 fully saturated rings. The van der Waals surface area contributed by atoms with Crippen LogP contribution in [0.15, 0.2) is 0 Å². The quantitative estimate of drug-likeness (QED) is 0.731. The molecule has 0 heterocycles. The summed E-state index contributed by atoms with van der Waals surface area (Å²) in [6.45, 7) is 8.80. The largest absolute Gasteiger partial charge is 0.298 e. The molecule has 1 aliphatic rings. The van der Waals surface area contributed by atoms with Crippen LogP contribution >= 0.6 is 11.8 Å². The average molecular weight is 242 g/mol. The number of ketones is 1. The van der Waals surface area contributed by atoms with Gasteiger partial charge in [-0.15, -0.1) is 11.8 Å². The Hall–Kier alpha value is 0.0200. The van der Waals surface area contributed by atoms with Crippen molar-refractivity contribution in [3.8, 4) is 0 Å². The predicted molar refractivity (Wildman–Crippen MR) is 73.0 cm³/mol. The maximum Gasteiger partial charge on any atom is 0.145 e. The van der Waals surface area contributed by atoms with Crippen molar-refractivity contribution in [3.63, 3.8) is 0 Å². The molecule has 1 rings (SSSR count). The molecule has 94 valence electrons. The van der Waals surface area contributed by atoms with E-state index in [9.17, 15) is 4.79 Å². The molecule has 0 amide bonds. The highest BCUT2D eigenvalue weighted by molar-refractivity contribution is 8.01. The van der Waals surface area contributed by atoms with Gasteiger partial charge < -0.3 is 0 Å². The van der Waals surface area contributed by atoms with E-state index in [1.807, 2.05) is 0 Å². The predicted octanol–water partition coefficient (Wildman–Crippen LogP) is 4.30. The first kappa shape index (κ1) is 14.1. The first-order valence-corrected chi connectivity index (χ1v) is 7.57. The van der Waals surface area contributed by atoms with Gasteiger partial charge in [-0.05, 0) is 18.8 Å². The number of carbonyl (C=O) groups is 1. The third kappa shape index (κ3) is 4.90. The smallest absolute Gasteiger partial charge is 0.145 e. The maximum absolute atomic E-state index is 12.1. The van der Waals surface area contributed by atoms with Crippen LogP contribution in [0.25, 0.3) is 0 Å². The first-order valence-electron chi connectivity index (χ1n) is 6.59. The maximum atomic E-state index is 12.1. The van der Waals surface area contributed by atoms with Gasteiger partial charge in [0.25, 0.3) is 0 Å². The number of hydrogen-bond donors (Lipinski definition) is 0. The first-order chi connectivity index (χ1) is 7.42. The van der Waals surface area contributed by atoms with Crippen LogP contribution in [-0.4, -0.2) is 16.3 Å². The van der Waals surface area contributed by atoms with Gasteiger partial charge in [-0.1, -0.05) is 47.0 Å². The van der Waals surface area contributed by atoms with Gasteiger partial charge in [-0.25, -0.2) is 0 Å². The Balaban J connectivity index is 2.36. The molecule has 0 bridgehead atoms. The van der Waals surface area contributed by atoms with Crippen LogP contribution in [0.5, 0.6) is 0 Å². The zero-order chi connectivity index (χ0) is 12.2. The molecular weight excluding hydrogens is 216 g/mol. The van der Waals surface area contributed by atoms with E-state index in [1.54, 1.807) is 11.8 Å². The summed E-state index contributed by atoms with van der Waals surface area (Å²) in [6, 6.07) is 0. The van der Waals surface area contributed by atoms with Gasteiger partial charge in [-0.3, -0.25) is 4.79 Å². The normalized spacial score (nSPS) is 26.8. The van der Waals surface area contributed by atoms with Crippen LogP contribution in [0.2, 0.25) is 0 Å². The molecule has 16 heavy (non-hydrogen) atoms. The summed E-state index contributed by atoms with van der Waals surface area (Å²) in [4.78, 5) is 12.1. The average Bonchev–Trinajstić information content (AvgIpc) is 2.25. The van der Waals surface area contributed by atoms with Crippen molar-refractivity contribution in [2.75, 3.05) is 5.75 Å². The lowest BCUT2D eigenvalue weighted by atomic mass is 9.78. The minimum atomic E-state index is 0.217. The van der Waals surface area contributed by atoms with Crippen LogP contribution in [0, 0.1) is 11.8 Å². The molecule has 2 atom stereocenters. The molecular formula is C14H26OS. The van der Waals surface area contributed by atoms with E-state index in [-0.39, 0.29) is 4.75 Å². The summed E-state index contributed by atoms with van der Waals surface area (Å²) in [5, 5.41) is 0. The minimum absolute atomic E-state index is 0.217. The summed E-state index contributed by atoms with van der Waals surface area (Å²) in [7, 11) is 0. The number of carbonyl (C=O) groups excluding carboxylic acids is 1. The molecule has 1 nitrogen and oxygen atoms in total. The molecule has 0 saturated heterocycles. The van der Waals surface area contributed by atoms with E-state index in [4.69, 9.17) is 0 Å². The Bertz CT molecular complexity index is 229. The van der Waals surface area contributed by atoms with Crippen LogP contribution in [0.1, 0.15) is 59.8 Å². The highest BCUT2D eigenvalue weighted by Crippen LogP contribution is 2.33. The van der Waals surface area contributed by atoms with Crippen molar-refractivity contribution in [3.05, 3.63) is 0 Å². The highest BCUT2D eigenvalue weighted by Gasteiger charge is 2.26. The van der Waals surface area contributed by atoms with Crippen molar-refractivity contribution < 1.29 is 4.79 Å². The van der Waals surface area contributed by atoms with Crippen molar-refractivity contribution in [1.82, 2.24) is 0 Å². The summed E-state index contributed by atoms with van der Waals surface area (Å²) >= 11 is 1.79. The van der Waals surface area contributed by atoms with Crippen LogP contribution < -0.4 is 0 Å². The molecule has 0 spiro atoms. The monoisotopic (exact) mass is 242 g/mol. The topological polar surface area (TPSA) is 17.1 Å². The van der Waals surface area contributed by atoms with Gasteiger partial charge >= 0.3 is 0 Å². The van der Waals surface area contributed by atoms with E-state index in [1.165, 1.54) is 19.3 Å². The van der Waals surface area contributed by atoms with E-state index in [0.29, 0.717) is 17.5 Å². The SMILES string of the molecule is CCC1CCCC(C(=O)CSC(C)(C)C)C1. The Morgan fingerprint density at radius 2 is 2.00 bits per heavy atom. The highest BCUT2D eigenvalue weighted by atomic mass is 32.2. The summed E-state index contributed by atoms with van der Waals surface area (Å²) < 4.78 is 0.217. The fourth-order valence-corrected chi connectivity index (χ4v) is 3.17. The number of hydrogen-bond acceptors (Lipinski definition) is 2. The standard InChI is InChI=1S/C14H26OS/c1-5-11-7-6-8-12(9-11)13(15)10-16-14(2,3)4/h11-12H,5-10H2,1-4H3. The molecule has 1 aliphatic carbocycles. The molecule has 0 aliphatic heterocycles. The van der Waals surface area contributed by atoms with E-state index in [0.717, 1.165) is 18.8 Å². The summed E-state index contributed by atoms with van der Waals surface area (Å²) in [6.07, 6.45) is 6.14. The minimum Gasteiger partial charge on any atom is -0.298 e. The van der Waals surface area contributed by atoms with Crippen LogP contribution in [-0.2, 0) is 4.79 Å². The zero-order valence-electron chi connectivity index (χ0n) is 11.2. The Kier molecular flexibility index (Phi) is 5.36. The van der Waals surface area contributed by atoms with Crippen molar-refractivity contribution in [2.24, 2.45) is 11.8 Å². The van der Waals surface area contributed by atoms with Crippen molar-refractivity contribution >= 4 is 17.5 Å². The van der Waals surface area contributed by atoms with E-state index >= 15 is 0 Å². The lowest BCUT2D eigenvalue weighted by Crippen LogP contribution is -2.25. The number of rotatable bonds is 4. The number of Topliss-reactive ketones (excluding diaryl/α,β-unsaturated/α-hetero) is 1. The van der Waals surface area contributed by atoms with E-state index < -0.39 is 0 Å². The molecule has 2 heteroatoms. The lowest BCUT2D eigenvalue weighted by molar-refractivity contribution is -0.121. The number of thioether (sulfide) groups is 1. The molecule has 0 N–H and O–H groups in total. The third-order valence-electron chi connectivity index (χ3n) is 3.46. The summed E-state index contributed by atoms with van der Waals surface area (Å²) in [5.41, 5.74) is 0. The molecule has 1 saturated carbocycles. The second-order valence-corrected chi connectivity index (χ2v) is 7.81. The van der Waals surface area contributed by atoms with Crippen LogP contribution in [0.4, 0.5) is 0 Å². The van der Waals surface area contributed by atoms with Crippen molar-refractivity contribution in [2.45, 2.75) is 64.5 Å². The second kappa shape index (κ2) is 6.09. The molecule has 0 aromatic carbocycles. The molecule has 0 aromatic heterocycles. The fourth-order valence-electron chi connectivity index (χ4n) is 2.36. The van der Waals surface area contributed by atoms with E-state index in [2.05, 4.69) is 27.7 Å². The Labute approximate surface area is 105 Å². The Morgan fingerprint density at radius 1 is 1.31 bits per heavy atom. The van der Waals surface area contributed by atoms with Crippen molar-refractivity contribution in [1.29, 1.82) is 0 Å². The van der Waals surface area contributed by atoms with Crippen LogP contribution in [0.3, 0.4) is 0 Å². The summed E-state index contributed by atoms with van der Waals surface area (Å²) in [5.74, 6) is 2.39. The molecule has 0 aromatic rings. The lowest BCUT2D eigenvalue weighted by Gasteiger charge is -2.28. The van der Waals surface area contributed by atoms with Gasteiger partial charge in [0.1, 0.15) is 5.78 Å². The van der Waals surface area contributed by atoms with Gasteiger partial charge in [0.2, 0.25) is 0 Å². The Morgan fingerprint density at radius 3 is 2.56 bits per heavy atom. The van der Waals surface area contributed by atoms with Gasteiger partial charge in [-0.2, -0.15) is 0 Å². The molecule has 2 unspecified atom stereocenters. The van der Waals surface area contributed by atoms with Gasteiger partial charge in [0.15, 0.2) is 0 Å².